The molecule has 2 rings (SSSR count). The van der Waals surface area contributed by atoms with Crippen LogP contribution >= 0.6 is 11.3 Å². The van der Waals surface area contributed by atoms with Crippen molar-refractivity contribution in [1.82, 2.24) is 4.98 Å². The van der Waals surface area contributed by atoms with Crippen LogP contribution in [0.4, 0.5) is 11.5 Å². The number of carbonyl (C=O) groups excluding carboxylic acids is 1. The predicted molar refractivity (Wildman–Crippen MR) is 76.4 cm³/mol. The summed E-state index contributed by atoms with van der Waals surface area (Å²) in [5.41, 5.74) is 7.56. The van der Waals surface area contributed by atoms with Crippen molar-refractivity contribution in [1.29, 1.82) is 0 Å². The molecule has 2 heterocycles. The summed E-state index contributed by atoms with van der Waals surface area (Å²) in [5, 5.41) is 5.21. The van der Waals surface area contributed by atoms with Gasteiger partial charge in [0.1, 0.15) is 5.82 Å². The fourth-order valence-electron chi connectivity index (χ4n) is 1.61. The normalized spacial score (nSPS) is 10.2. The van der Waals surface area contributed by atoms with Crippen LogP contribution in [0.2, 0.25) is 0 Å². The number of anilines is 2. The Morgan fingerprint density at radius 3 is 3.00 bits per heavy atom. The molecule has 2 aromatic heterocycles. The maximum Gasteiger partial charge on any atom is 0.340 e. The summed E-state index contributed by atoms with van der Waals surface area (Å²) in [7, 11) is 1.32. The number of nitrogens with one attached hydrogen (secondary N) is 1. The van der Waals surface area contributed by atoms with Crippen LogP contribution in [0.3, 0.4) is 0 Å². The standard InChI is InChI=1S/C13H15N3O2S/c1-8-3-4-19-11(8)7-16-12-5-9(13(17)18-2)10(14)6-15-12/h3-6H,7,14H2,1-2H3,(H,15,16). The SMILES string of the molecule is COC(=O)c1cc(NCc2sccc2C)ncc1N. The lowest BCUT2D eigenvalue weighted by Crippen LogP contribution is -2.08. The molecule has 0 aliphatic carbocycles. The van der Waals surface area contributed by atoms with Gasteiger partial charge < -0.3 is 15.8 Å². The number of hydrogen-bond donors (Lipinski definition) is 2. The van der Waals surface area contributed by atoms with Gasteiger partial charge in [-0.15, -0.1) is 11.3 Å². The van der Waals surface area contributed by atoms with E-state index in [-0.39, 0.29) is 0 Å². The molecule has 0 bridgehead atoms. The molecule has 2 aromatic rings. The predicted octanol–water partition coefficient (Wildman–Crippen LogP) is 2.43. The highest BCUT2D eigenvalue weighted by Gasteiger charge is 2.11. The molecule has 0 aliphatic rings. The third-order valence-corrected chi connectivity index (χ3v) is 3.76. The van der Waals surface area contributed by atoms with Crippen molar-refractivity contribution in [2.45, 2.75) is 13.5 Å². The van der Waals surface area contributed by atoms with E-state index in [1.54, 1.807) is 17.4 Å². The fraction of sp³-hybridized carbons (Fsp3) is 0.231. The summed E-state index contributed by atoms with van der Waals surface area (Å²) in [4.78, 5) is 16.9. The molecule has 0 unspecified atom stereocenters. The van der Waals surface area contributed by atoms with Crippen LogP contribution in [0.25, 0.3) is 0 Å². The topological polar surface area (TPSA) is 77.2 Å². The molecule has 0 amide bonds. The monoisotopic (exact) mass is 277 g/mol. The Bertz CT molecular complexity index is 595. The average molecular weight is 277 g/mol. The van der Waals surface area contributed by atoms with Crippen LogP contribution in [0.5, 0.6) is 0 Å². The highest BCUT2D eigenvalue weighted by atomic mass is 32.1. The lowest BCUT2D eigenvalue weighted by Gasteiger charge is -2.08. The van der Waals surface area contributed by atoms with E-state index >= 15 is 0 Å². The van der Waals surface area contributed by atoms with Crippen molar-refractivity contribution in [3.63, 3.8) is 0 Å². The van der Waals surface area contributed by atoms with E-state index in [0.717, 1.165) is 0 Å². The zero-order valence-corrected chi connectivity index (χ0v) is 11.6. The van der Waals surface area contributed by atoms with E-state index in [2.05, 4.69) is 28.0 Å². The second kappa shape index (κ2) is 5.71. The van der Waals surface area contributed by atoms with Crippen LogP contribution in [-0.4, -0.2) is 18.1 Å². The maximum atomic E-state index is 11.5. The average Bonchev–Trinajstić information content (AvgIpc) is 2.82. The van der Waals surface area contributed by atoms with Gasteiger partial charge in [-0.25, -0.2) is 9.78 Å². The number of pyridine rings is 1. The first-order chi connectivity index (χ1) is 9.11. The zero-order valence-electron chi connectivity index (χ0n) is 10.8. The smallest absolute Gasteiger partial charge is 0.340 e. The number of carbonyl (C=O) groups is 1. The molecular weight excluding hydrogens is 262 g/mol. The highest BCUT2D eigenvalue weighted by molar-refractivity contribution is 7.10. The Morgan fingerprint density at radius 1 is 1.58 bits per heavy atom. The molecule has 0 fully saturated rings. The van der Waals surface area contributed by atoms with Gasteiger partial charge in [-0.3, -0.25) is 0 Å². The first kappa shape index (κ1) is 13.4. The molecule has 0 saturated heterocycles. The second-order valence-corrected chi connectivity index (χ2v) is 5.03. The number of hydrogen-bond acceptors (Lipinski definition) is 6. The Balaban J connectivity index is 2.13. The summed E-state index contributed by atoms with van der Waals surface area (Å²) in [6.07, 6.45) is 1.45. The van der Waals surface area contributed by atoms with Gasteiger partial charge in [0.2, 0.25) is 0 Å². The number of thiophene rings is 1. The molecule has 0 radical (unpaired) electrons. The van der Waals surface area contributed by atoms with Crippen LogP contribution in [-0.2, 0) is 11.3 Å². The number of aromatic nitrogens is 1. The van der Waals surface area contributed by atoms with Crippen molar-refractivity contribution in [2.75, 3.05) is 18.2 Å². The van der Waals surface area contributed by atoms with Crippen LogP contribution in [0.1, 0.15) is 20.8 Å². The van der Waals surface area contributed by atoms with Gasteiger partial charge in [0, 0.05) is 4.88 Å². The summed E-state index contributed by atoms with van der Waals surface area (Å²) in [6.45, 7) is 2.73. The Morgan fingerprint density at radius 2 is 2.37 bits per heavy atom. The molecule has 0 saturated carbocycles. The Labute approximate surface area is 115 Å². The number of ether oxygens (including phenoxy) is 1. The van der Waals surface area contributed by atoms with E-state index in [9.17, 15) is 4.79 Å². The zero-order chi connectivity index (χ0) is 13.8. The van der Waals surface area contributed by atoms with Crippen molar-refractivity contribution in [3.8, 4) is 0 Å². The van der Waals surface area contributed by atoms with Gasteiger partial charge in [0.25, 0.3) is 0 Å². The second-order valence-electron chi connectivity index (χ2n) is 4.03. The molecule has 100 valence electrons. The molecule has 0 aliphatic heterocycles. The largest absolute Gasteiger partial charge is 0.465 e. The lowest BCUT2D eigenvalue weighted by molar-refractivity contribution is 0.0602. The number of nitrogens with two attached hydrogens (primary N) is 1. The summed E-state index contributed by atoms with van der Waals surface area (Å²) >= 11 is 1.68. The molecule has 0 atom stereocenters. The van der Waals surface area contributed by atoms with Crippen LogP contribution in [0.15, 0.2) is 23.7 Å². The maximum absolute atomic E-state index is 11.5. The van der Waals surface area contributed by atoms with E-state index < -0.39 is 5.97 Å². The molecule has 19 heavy (non-hydrogen) atoms. The number of methoxy groups -OCH3 is 1. The van der Waals surface area contributed by atoms with Crippen molar-refractivity contribution in [3.05, 3.63) is 39.7 Å². The van der Waals surface area contributed by atoms with E-state index in [0.29, 0.717) is 23.6 Å². The number of nitrogens with zero attached hydrogens (tertiary/aromatic N) is 1. The number of esters is 1. The Kier molecular flexibility index (Phi) is 4.01. The third-order valence-electron chi connectivity index (χ3n) is 2.74. The summed E-state index contributed by atoms with van der Waals surface area (Å²) in [5.74, 6) is 0.137. The highest BCUT2D eigenvalue weighted by Crippen LogP contribution is 2.19. The van der Waals surface area contributed by atoms with E-state index in [4.69, 9.17) is 5.73 Å². The van der Waals surface area contributed by atoms with Crippen molar-refractivity contribution in [2.24, 2.45) is 0 Å². The lowest BCUT2D eigenvalue weighted by atomic mass is 10.2. The van der Waals surface area contributed by atoms with Crippen LogP contribution in [0, 0.1) is 6.92 Å². The van der Waals surface area contributed by atoms with E-state index in [1.165, 1.54) is 23.7 Å². The van der Waals surface area contributed by atoms with Crippen molar-refractivity contribution < 1.29 is 9.53 Å². The molecular formula is C13H15N3O2S. The summed E-state index contributed by atoms with van der Waals surface area (Å²) < 4.78 is 4.67. The van der Waals surface area contributed by atoms with Gasteiger partial charge in [0.15, 0.2) is 0 Å². The van der Waals surface area contributed by atoms with Gasteiger partial charge in [0.05, 0.1) is 31.1 Å². The molecule has 6 heteroatoms. The quantitative estimate of drug-likeness (QED) is 0.839. The minimum absolute atomic E-state index is 0.310. The Hall–Kier alpha value is -2.08. The first-order valence-electron chi connectivity index (χ1n) is 5.72. The first-order valence-corrected chi connectivity index (χ1v) is 6.60. The molecule has 0 aromatic carbocycles. The molecule has 0 spiro atoms. The molecule has 3 N–H and O–H groups in total. The number of rotatable bonds is 4. The minimum atomic E-state index is -0.463. The van der Waals surface area contributed by atoms with Gasteiger partial charge in [-0.05, 0) is 30.0 Å². The van der Waals surface area contributed by atoms with E-state index in [1.807, 2.05) is 5.38 Å². The summed E-state index contributed by atoms with van der Waals surface area (Å²) in [6, 6.07) is 3.67. The number of nitrogen functional groups attached to an aromatic ring is 1. The minimum Gasteiger partial charge on any atom is -0.465 e. The van der Waals surface area contributed by atoms with Gasteiger partial charge in [-0.1, -0.05) is 0 Å². The number of aryl methyl sites for hydroxylation is 1. The fourth-order valence-corrected chi connectivity index (χ4v) is 2.45. The van der Waals surface area contributed by atoms with Crippen LogP contribution < -0.4 is 11.1 Å². The van der Waals surface area contributed by atoms with Gasteiger partial charge in [-0.2, -0.15) is 0 Å². The molecule has 5 nitrogen and oxygen atoms in total. The third kappa shape index (κ3) is 3.03. The van der Waals surface area contributed by atoms with Gasteiger partial charge >= 0.3 is 5.97 Å². The van der Waals surface area contributed by atoms with Crippen molar-refractivity contribution >= 4 is 28.8 Å².